The fourth-order valence-electron chi connectivity index (χ4n) is 6.93. The van der Waals surface area contributed by atoms with Crippen molar-refractivity contribution < 1.29 is 19.1 Å². The summed E-state index contributed by atoms with van der Waals surface area (Å²) in [5.74, 6) is -1.11. The fourth-order valence-corrected chi connectivity index (χ4v) is 8.61. The molecular formula is C21H25Cl2FO3S. The lowest BCUT2D eigenvalue weighted by Crippen LogP contribution is -2.68. The predicted octanol–water partition coefficient (Wildman–Crippen LogP) is 4.25. The third-order valence-electron chi connectivity index (χ3n) is 8.49. The van der Waals surface area contributed by atoms with Crippen LogP contribution in [0.4, 0.5) is 4.39 Å². The van der Waals surface area contributed by atoms with Gasteiger partial charge < -0.3 is 5.11 Å². The van der Waals surface area contributed by atoms with Gasteiger partial charge in [0.2, 0.25) is 5.12 Å². The molecule has 0 aliphatic heterocycles. The molecule has 1 N–H and O–H groups in total. The Kier molecular flexibility index (Phi) is 4.54. The minimum Gasteiger partial charge on any atom is -0.380 e. The second kappa shape index (κ2) is 6.09. The van der Waals surface area contributed by atoms with Gasteiger partial charge in [-0.2, -0.15) is 0 Å². The molecule has 4 rings (SSSR count). The maximum atomic E-state index is 15.3. The molecule has 9 atom stereocenters. The summed E-state index contributed by atoms with van der Waals surface area (Å²) in [4.78, 5) is 23.3. The van der Waals surface area contributed by atoms with Gasteiger partial charge >= 0.3 is 0 Å². The van der Waals surface area contributed by atoms with Crippen LogP contribution in [0.2, 0.25) is 0 Å². The molecule has 0 bridgehead atoms. The van der Waals surface area contributed by atoms with Crippen molar-refractivity contribution in [1.82, 2.24) is 0 Å². The van der Waals surface area contributed by atoms with Crippen molar-refractivity contribution in [3.8, 4) is 0 Å². The normalized spacial score (nSPS) is 55.2. The number of carbonyl (C=O) groups is 2. The van der Waals surface area contributed by atoms with E-state index in [0.717, 1.165) is 0 Å². The second-order valence-corrected chi connectivity index (χ2v) is 11.1. The van der Waals surface area contributed by atoms with Gasteiger partial charge in [-0.3, -0.25) is 9.59 Å². The van der Waals surface area contributed by atoms with Crippen molar-refractivity contribution in [2.75, 3.05) is 0 Å². The molecule has 0 spiro atoms. The third-order valence-corrected chi connectivity index (χ3v) is 10.4. The summed E-state index contributed by atoms with van der Waals surface area (Å²) in [5, 5.41) is 10.2. The van der Waals surface area contributed by atoms with Crippen LogP contribution in [0.15, 0.2) is 23.8 Å². The Labute approximate surface area is 180 Å². The van der Waals surface area contributed by atoms with Crippen molar-refractivity contribution in [2.24, 2.45) is 28.6 Å². The highest BCUT2D eigenvalue weighted by molar-refractivity contribution is 7.96. The molecule has 154 valence electrons. The van der Waals surface area contributed by atoms with Crippen LogP contribution in [-0.4, -0.2) is 38.0 Å². The highest BCUT2D eigenvalue weighted by atomic mass is 35.5. The third kappa shape index (κ3) is 2.17. The van der Waals surface area contributed by atoms with Crippen molar-refractivity contribution >= 4 is 46.7 Å². The lowest BCUT2D eigenvalue weighted by molar-refractivity contribution is -0.156. The van der Waals surface area contributed by atoms with Gasteiger partial charge in [0.05, 0.1) is 10.3 Å². The van der Waals surface area contributed by atoms with Gasteiger partial charge in [0, 0.05) is 10.8 Å². The molecule has 4 aliphatic rings. The Bertz CT molecular complexity index is 830. The summed E-state index contributed by atoms with van der Waals surface area (Å²) in [6.45, 7) is 5.54. The molecular weight excluding hydrogens is 422 g/mol. The van der Waals surface area contributed by atoms with Gasteiger partial charge in [-0.25, -0.2) is 4.39 Å². The number of allylic oxidation sites excluding steroid dienone is 4. The first-order valence-corrected chi connectivity index (χ1v) is 11.0. The van der Waals surface area contributed by atoms with Crippen LogP contribution in [0.5, 0.6) is 0 Å². The van der Waals surface area contributed by atoms with Crippen LogP contribution >= 0.6 is 35.8 Å². The SMILES string of the molecule is C[C@H]1C[C@H]2[C@@H]3C[C@H](F)C4=CC(=O)C=C[C@]4(C)[C@@]3(Cl)[C@@H](Cl)C[C@]2(C)[C@@]1(O)C(=O)S. The molecule has 0 aromatic heterocycles. The van der Waals surface area contributed by atoms with Crippen LogP contribution < -0.4 is 0 Å². The second-order valence-electron chi connectivity index (χ2n) is 9.52. The molecule has 0 saturated heterocycles. The lowest BCUT2D eigenvalue weighted by Gasteiger charge is -2.64. The summed E-state index contributed by atoms with van der Waals surface area (Å²) < 4.78 is 15.3. The van der Waals surface area contributed by atoms with Crippen molar-refractivity contribution in [1.29, 1.82) is 0 Å². The number of ketones is 1. The summed E-state index contributed by atoms with van der Waals surface area (Å²) in [7, 11) is 0. The number of carbonyl (C=O) groups excluding carboxylic acids is 2. The minimum atomic E-state index is -1.63. The van der Waals surface area contributed by atoms with Gasteiger partial charge in [0.1, 0.15) is 11.8 Å². The molecule has 0 amide bonds. The van der Waals surface area contributed by atoms with Gasteiger partial charge in [0.15, 0.2) is 5.78 Å². The van der Waals surface area contributed by atoms with Gasteiger partial charge in [-0.1, -0.05) is 26.8 Å². The highest BCUT2D eigenvalue weighted by Gasteiger charge is 2.75. The summed E-state index contributed by atoms with van der Waals surface area (Å²) >= 11 is 18.2. The van der Waals surface area contributed by atoms with E-state index in [-0.39, 0.29) is 30.0 Å². The Hall–Kier alpha value is -0.360. The summed E-state index contributed by atoms with van der Waals surface area (Å²) in [6, 6.07) is 0. The van der Waals surface area contributed by atoms with E-state index in [9.17, 15) is 14.7 Å². The number of hydrogen-bond acceptors (Lipinski definition) is 3. The molecule has 0 aromatic carbocycles. The van der Waals surface area contributed by atoms with Crippen LogP contribution in [0.25, 0.3) is 0 Å². The zero-order valence-electron chi connectivity index (χ0n) is 16.1. The zero-order valence-corrected chi connectivity index (χ0v) is 18.5. The Balaban J connectivity index is 1.88. The summed E-state index contributed by atoms with van der Waals surface area (Å²) in [6.07, 6.45) is 4.15. The number of alkyl halides is 3. The number of hydrogen-bond donors (Lipinski definition) is 2. The number of fused-ring (bicyclic) bond motifs is 5. The lowest BCUT2D eigenvalue weighted by atomic mass is 9.46. The Morgan fingerprint density at radius 1 is 1.32 bits per heavy atom. The van der Waals surface area contributed by atoms with E-state index < -0.39 is 38.0 Å². The van der Waals surface area contributed by atoms with Crippen LogP contribution in [0, 0.1) is 28.6 Å². The predicted molar refractivity (Wildman–Crippen MR) is 111 cm³/mol. The smallest absolute Gasteiger partial charge is 0.218 e. The average molecular weight is 447 g/mol. The van der Waals surface area contributed by atoms with Gasteiger partial charge in [-0.15, -0.1) is 35.8 Å². The van der Waals surface area contributed by atoms with Gasteiger partial charge in [0.25, 0.3) is 0 Å². The maximum Gasteiger partial charge on any atom is 0.218 e. The van der Waals surface area contributed by atoms with E-state index in [0.29, 0.717) is 18.4 Å². The number of rotatable bonds is 1. The first-order valence-electron chi connectivity index (χ1n) is 9.72. The Morgan fingerprint density at radius 2 is 1.96 bits per heavy atom. The van der Waals surface area contributed by atoms with E-state index >= 15 is 4.39 Å². The summed E-state index contributed by atoms with van der Waals surface area (Å²) in [5.41, 5.74) is -3.00. The molecule has 3 nitrogen and oxygen atoms in total. The van der Waals surface area contributed by atoms with E-state index in [1.165, 1.54) is 12.2 Å². The number of aliphatic hydroxyl groups is 1. The molecule has 3 saturated carbocycles. The molecule has 0 unspecified atom stereocenters. The number of thiol groups is 1. The zero-order chi connectivity index (χ0) is 20.9. The van der Waals surface area contributed by atoms with E-state index in [1.54, 1.807) is 6.08 Å². The monoisotopic (exact) mass is 446 g/mol. The van der Waals surface area contributed by atoms with Crippen LogP contribution in [-0.2, 0) is 9.59 Å². The molecule has 0 heterocycles. The van der Waals surface area contributed by atoms with Gasteiger partial charge in [-0.05, 0) is 54.7 Å². The van der Waals surface area contributed by atoms with Crippen LogP contribution in [0.3, 0.4) is 0 Å². The van der Waals surface area contributed by atoms with Crippen molar-refractivity contribution in [2.45, 2.75) is 62.1 Å². The molecule has 3 fully saturated rings. The largest absolute Gasteiger partial charge is 0.380 e. The standard InChI is InChI=1S/C21H25Cl2FO3S/c1-10-6-12-13-8-15(24)14-7-11(25)4-5-18(14,2)20(13,23)16(22)9-19(12,3)21(10,27)17(26)28/h4-5,7,10,12-13,15-16,27H,6,8-9H2,1-3H3,(H,26,28)/t10-,12-,13-,15-,16-,18-,19-,20-,21-/m0/s1. The van der Waals surface area contributed by atoms with Crippen molar-refractivity contribution in [3.63, 3.8) is 0 Å². The van der Waals surface area contributed by atoms with Crippen molar-refractivity contribution in [3.05, 3.63) is 23.8 Å². The topological polar surface area (TPSA) is 54.4 Å². The Morgan fingerprint density at radius 3 is 2.57 bits per heavy atom. The molecule has 7 heteroatoms. The quantitative estimate of drug-likeness (QED) is 0.467. The molecule has 4 aliphatic carbocycles. The van der Waals surface area contributed by atoms with E-state index in [1.807, 2.05) is 20.8 Å². The molecule has 0 aromatic rings. The first kappa shape index (κ1) is 20.9. The first-order chi connectivity index (χ1) is 12.8. The number of halogens is 3. The molecule has 0 radical (unpaired) electrons. The van der Waals surface area contributed by atoms with Crippen LogP contribution in [0.1, 0.15) is 40.0 Å². The van der Waals surface area contributed by atoms with E-state index in [4.69, 9.17) is 23.2 Å². The minimum absolute atomic E-state index is 0.124. The fraction of sp³-hybridized carbons (Fsp3) is 0.714. The molecule has 28 heavy (non-hydrogen) atoms. The highest BCUT2D eigenvalue weighted by Crippen LogP contribution is 2.72. The average Bonchev–Trinajstić information content (AvgIpc) is 2.81. The maximum absolute atomic E-state index is 15.3. The van der Waals surface area contributed by atoms with E-state index in [2.05, 4.69) is 12.6 Å².